The van der Waals surface area contributed by atoms with Gasteiger partial charge in [0.2, 0.25) is 12.5 Å². The van der Waals surface area contributed by atoms with Crippen LogP contribution in [0.4, 0.5) is 5.69 Å². The molecule has 2 aliphatic heterocycles. The predicted molar refractivity (Wildman–Crippen MR) is 67.5 cm³/mol. The first-order valence-corrected chi connectivity index (χ1v) is 6.15. The smallest absolute Gasteiger partial charge is 0.315 e. The van der Waals surface area contributed by atoms with Gasteiger partial charge in [0, 0.05) is 31.7 Å². The summed E-state index contributed by atoms with van der Waals surface area (Å²) >= 11 is 0. The van der Waals surface area contributed by atoms with E-state index in [-0.39, 0.29) is 24.3 Å². The molecule has 7 heteroatoms. The van der Waals surface area contributed by atoms with Gasteiger partial charge in [-0.3, -0.25) is 10.1 Å². The first kappa shape index (κ1) is 12.2. The topological polar surface area (TPSA) is 76.9 Å². The fourth-order valence-corrected chi connectivity index (χ4v) is 2.47. The van der Waals surface area contributed by atoms with Crippen molar-refractivity contribution < 1.29 is 14.4 Å². The third kappa shape index (κ3) is 2.22. The zero-order valence-corrected chi connectivity index (χ0v) is 10.6. The molecule has 1 saturated heterocycles. The number of nitro benzene ring substituents is 1. The fraction of sp³-hybridized carbons (Fsp3) is 0.500. The van der Waals surface area contributed by atoms with Crippen LogP contribution in [0.15, 0.2) is 12.1 Å². The molecule has 19 heavy (non-hydrogen) atoms. The van der Waals surface area contributed by atoms with Crippen LogP contribution in [0.1, 0.15) is 11.6 Å². The Morgan fingerprint density at radius 1 is 1.47 bits per heavy atom. The van der Waals surface area contributed by atoms with Gasteiger partial charge in [-0.05, 0) is 18.7 Å². The molecule has 7 nitrogen and oxygen atoms in total. The van der Waals surface area contributed by atoms with Gasteiger partial charge in [0.15, 0.2) is 5.75 Å². The van der Waals surface area contributed by atoms with Crippen molar-refractivity contribution in [3.05, 3.63) is 27.8 Å². The Morgan fingerprint density at radius 2 is 2.32 bits per heavy atom. The van der Waals surface area contributed by atoms with Crippen molar-refractivity contribution in [3.8, 4) is 11.5 Å². The predicted octanol–water partition coefficient (Wildman–Crippen LogP) is 0.900. The van der Waals surface area contributed by atoms with Crippen molar-refractivity contribution in [1.82, 2.24) is 10.2 Å². The van der Waals surface area contributed by atoms with Crippen molar-refractivity contribution in [2.45, 2.75) is 6.04 Å². The summed E-state index contributed by atoms with van der Waals surface area (Å²) in [6.45, 7) is 2.70. The molecule has 3 rings (SSSR count). The van der Waals surface area contributed by atoms with E-state index in [1.54, 1.807) is 6.07 Å². The Morgan fingerprint density at radius 3 is 3.05 bits per heavy atom. The number of nitrogens with zero attached hydrogens (tertiary/aromatic N) is 2. The van der Waals surface area contributed by atoms with Gasteiger partial charge in [0.1, 0.15) is 0 Å². The maximum Gasteiger partial charge on any atom is 0.315 e. The summed E-state index contributed by atoms with van der Waals surface area (Å²) < 4.78 is 10.4. The molecule has 0 saturated carbocycles. The van der Waals surface area contributed by atoms with Gasteiger partial charge in [-0.2, -0.15) is 0 Å². The van der Waals surface area contributed by atoms with E-state index in [1.807, 2.05) is 13.1 Å². The van der Waals surface area contributed by atoms with Crippen LogP contribution < -0.4 is 14.8 Å². The number of piperazine rings is 1. The van der Waals surface area contributed by atoms with Crippen LogP contribution in [0.3, 0.4) is 0 Å². The number of fused-ring (bicyclic) bond motifs is 1. The van der Waals surface area contributed by atoms with E-state index in [4.69, 9.17) is 9.47 Å². The highest BCUT2D eigenvalue weighted by atomic mass is 16.7. The van der Waals surface area contributed by atoms with E-state index in [0.717, 1.165) is 25.2 Å². The molecule has 1 fully saturated rings. The highest BCUT2D eigenvalue weighted by molar-refractivity contribution is 5.59. The first-order valence-electron chi connectivity index (χ1n) is 6.15. The Balaban J connectivity index is 1.98. The normalized spacial score (nSPS) is 22.5. The van der Waals surface area contributed by atoms with E-state index >= 15 is 0 Å². The Hall–Kier alpha value is -1.86. The number of nitrogens with one attached hydrogen (secondary N) is 1. The Kier molecular flexibility index (Phi) is 3.00. The maximum atomic E-state index is 11.1. The molecule has 0 bridgehead atoms. The van der Waals surface area contributed by atoms with E-state index in [0.29, 0.717) is 5.75 Å². The summed E-state index contributed by atoms with van der Waals surface area (Å²) in [6, 6.07) is 3.48. The maximum absolute atomic E-state index is 11.1. The highest BCUT2D eigenvalue weighted by Gasteiger charge is 2.29. The van der Waals surface area contributed by atoms with E-state index in [1.165, 1.54) is 0 Å². The van der Waals surface area contributed by atoms with Crippen molar-refractivity contribution >= 4 is 5.69 Å². The molecule has 0 radical (unpaired) electrons. The molecule has 1 unspecified atom stereocenters. The second kappa shape index (κ2) is 4.67. The average Bonchev–Trinajstić information content (AvgIpc) is 2.85. The van der Waals surface area contributed by atoms with Crippen LogP contribution in [0.25, 0.3) is 0 Å². The average molecular weight is 265 g/mol. The van der Waals surface area contributed by atoms with Crippen LogP contribution in [0.5, 0.6) is 11.5 Å². The molecule has 2 heterocycles. The molecule has 1 aromatic carbocycles. The molecule has 0 spiro atoms. The molecule has 0 amide bonds. The van der Waals surface area contributed by atoms with Gasteiger partial charge >= 0.3 is 5.69 Å². The zero-order valence-electron chi connectivity index (χ0n) is 10.6. The summed E-state index contributed by atoms with van der Waals surface area (Å²) in [5, 5.41) is 14.5. The summed E-state index contributed by atoms with van der Waals surface area (Å²) in [5.41, 5.74) is 0.836. The van der Waals surface area contributed by atoms with Crippen molar-refractivity contribution in [2.75, 3.05) is 33.5 Å². The summed E-state index contributed by atoms with van der Waals surface area (Å²) in [7, 11) is 2.04. The Bertz CT molecular complexity index is 520. The molecule has 0 aromatic heterocycles. The van der Waals surface area contributed by atoms with Gasteiger partial charge in [0.05, 0.1) is 4.92 Å². The monoisotopic (exact) mass is 265 g/mol. The van der Waals surface area contributed by atoms with Crippen molar-refractivity contribution in [2.24, 2.45) is 0 Å². The lowest BCUT2D eigenvalue weighted by molar-refractivity contribution is -0.385. The number of nitro groups is 1. The van der Waals surface area contributed by atoms with E-state index < -0.39 is 4.92 Å². The molecule has 2 aliphatic rings. The van der Waals surface area contributed by atoms with Crippen LogP contribution in [-0.4, -0.2) is 43.3 Å². The number of benzene rings is 1. The summed E-state index contributed by atoms with van der Waals surface area (Å²) in [6.07, 6.45) is 0. The minimum atomic E-state index is -0.427. The standard InChI is InChI=1S/C12H15N3O4/c1-14-3-2-13-9(6-14)8-4-10(15(16)17)12-11(5-8)18-7-19-12/h4-5,9,13H,2-3,6-7H2,1H3. The van der Waals surface area contributed by atoms with Crippen molar-refractivity contribution in [1.29, 1.82) is 0 Å². The van der Waals surface area contributed by atoms with Crippen LogP contribution in [0, 0.1) is 10.1 Å². The van der Waals surface area contributed by atoms with Gasteiger partial charge in [0.25, 0.3) is 0 Å². The molecular formula is C12H15N3O4. The van der Waals surface area contributed by atoms with Gasteiger partial charge in [-0.1, -0.05) is 0 Å². The lowest BCUT2D eigenvalue weighted by atomic mass is 10.0. The minimum absolute atomic E-state index is 0.0278. The third-order valence-electron chi connectivity index (χ3n) is 3.45. The molecule has 1 aromatic rings. The second-order valence-corrected chi connectivity index (χ2v) is 4.80. The van der Waals surface area contributed by atoms with Crippen LogP contribution >= 0.6 is 0 Å². The van der Waals surface area contributed by atoms with E-state index in [2.05, 4.69) is 10.2 Å². The van der Waals surface area contributed by atoms with Gasteiger partial charge in [-0.15, -0.1) is 0 Å². The largest absolute Gasteiger partial charge is 0.453 e. The molecule has 1 N–H and O–H groups in total. The molecule has 0 aliphatic carbocycles. The Labute approximate surface area is 110 Å². The third-order valence-corrected chi connectivity index (χ3v) is 3.45. The fourth-order valence-electron chi connectivity index (χ4n) is 2.47. The highest BCUT2D eigenvalue weighted by Crippen LogP contribution is 2.42. The lowest BCUT2D eigenvalue weighted by Gasteiger charge is -2.31. The lowest BCUT2D eigenvalue weighted by Crippen LogP contribution is -2.43. The number of hydrogen-bond acceptors (Lipinski definition) is 6. The first-order chi connectivity index (χ1) is 9.15. The quantitative estimate of drug-likeness (QED) is 0.632. The van der Waals surface area contributed by atoms with Gasteiger partial charge in [-0.25, -0.2) is 0 Å². The zero-order chi connectivity index (χ0) is 13.4. The SMILES string of the molecule is CN1CCNC(c2cc3c(c([N+](=O)[O-])c2)OCO3)C1. The molecular weight excluding hydrogens is 250 g/mol. The van der Waals surface area contributed by atoms with Crippen LogP contribution in [-0.2, 0) is 0 Å². The van der Waals surface area contributed by atoms with E-state index in [9.17, 15) is 10.1 Å². The van der Waals surface area contributed by atoms with Crippen molar-refractivity contribution in [3.63, 3.8) is 0 Å². The molecule has 1 atom stereocenters. The number of likely N-dealkylation sites (N-methyl/N-ethyl adjacent to an activating group) is 1. The number of rotatable bonds is 2. The summed E-state index contributed by atoms with van der Waals surface area (Å²) in [5.74, 6) is 0.692. The molecule has 102 valence electrons. The van der Waals surface area contributed by atoms with Gasteiger partial charge < -0.3 is 19.7 Å². The number of hydrogen-bond donors (Lipinski definition) is 1. The summed E-state index contributed by atoms with van der Waals surface area (Å²) in [4.78, 5) is 12.9. The minimum Gasteiger partial charge on any atom is -0.453 e. The number of ether oxygens (including phenoxy) is 2. The second-order valence-electron chi connectivity index (χ2n) is 4.80. The van der Waals surface area contributed by atoms with Crippen LogP contribution in [0.2, 0.25) is 0 Å².